The van der Waals surface area contributed by atoms with E-state index >= 15 is 0 Å². The summed E-state index contributed by atoms with van der Waals surface area (Å²) in [6.45, 7) is 3.19. The predicted molar refractivity (Wildman–Crippen MR) is 114 cm³/mol. The number of halogens is 2. The van der Waals surface area contributed by atoms with Crippen LogP contribution in [0.4, 0.5) is 10.1 Å². The summed E-state index contributed by atoms with van der Waals surface area (Å²) in [6, 6.07) is 9.21. The molecule has 0 saturated heterocycles. The number of hydrogen-bond donors (Lipinski definition) is 1. The zero-order chi connectivity index (χ0) is 21.5. The van der Waals surface area contributed by atoms with Gasteiger partial charge in [-0.05, 0) is 36.8 Å². The molecule has 0 radical (unpaired) electrons. The van der Waals surface area contributed by atoms with Gasteiger partial charge in [-0.25, -0.2) is 17.8 Å². The zero-order valence-electron chi connectivity index (χ0n) is 16.3. The number of rotatable bonds is 4. The number of aromatic nitrogens is 3. The summed E-state index contributed by atoms with van der Waals surface area (Å²) in [5, 5.41) is 4.87. The van der Waals surface area contributed by atoms with Crippen molar-refractivity contribution in [3.8, 4) is 11.4 Å². The average molecular weight is 450 g/mol. The molecule has 4 rings (SSSR count). The first-order chi connectivity index (χ1) is 14.3. The van der Waals surface area contributed by atoms with E-state index in [1.807, 2.05) is 24.0 Å². The van der Waals surface area contributed by atoms with Crippen molar-refractivity contribution < 1.29 is 12.8 Å². The molecule has 1 aromatic heterocycles. The minimum absolute atomic E-state index is 0.0689. The Bertz CT molecular complexity index is 1180. The van der Waals surface area contributed by atoms with Crippen molar-refractivity contribution in [2.24, 2.45) is 5.73 Å². The quantitative estimate of drug-likeness (QED) is 0.658. The van der Waals surface area contributed by atoms with Crippen molar-refractivity contribution in [2.45, 2.75) is 31.0 Å². The molecule has 1 aliphatic heterocycles. The highest BCUT2D eigenvalue weighted by Gasteiger charge is 2.32. The van der Waals surface area contributed by atoms with Crippen LogP contribution in [0, 0.1) is 5.82 Å². The highest BCUT2D eigenvalue weighted by molar-refractivity contribution is 7.91. The van der Waals surface area contributed by atoms with Gasteiger partial charge in [-0.15, -0.1) is 0 Å². The third-order valence-electron chi connectivity index (χ3n) is 5.00. The molecule has 10 heteroatoms. The SMILES string of the molecule is CCn1cnc(-c2cc3c(cc2F)S(=O)(=O)C[C@H](N)CN3Cc2ccc(Cl)cc2)n1. The molecular formula is C20H21ClFN5O2S. The first-order valence-electron chi connectivity index (χ1n) is 9.48. The highest BCUT2D eigenvalue weighted by Crippen LogP contribution is 2.36. The standard InChI is InChI=1S/C20H21ClFN5O2S/c1-2-27-12-24-20(25-27)16-7-18-19(8-17(16)22)30(28,29)11-15(23)10-26(18)9-13-3-5-14(21)6-4-13/h3-8,12,15H,2,9-11,23H2,1H3/t15-/m1/s1. The predicted octanol–water partition coefficient (Wildman–Crippen LogP) is 2.88. The Balaban J connectivity index is 1.84. The highest BCUT2D eigenvalue weighted by atomic mass is 35.5. The Morgan fingerprint density at radius 3 is 2.67 bits per heavy atom. The first kappa shape index (κ1) is 20.8. The Morgan fingerprint density at radius 2 is 2.00 bits per heavy atom. The van der Waals surface area contributed by atoms with Gasteiger partial charge in [0.05, 0.1) is 21.9 Å². The van der Waals surface area contributed by atoms with Gasteiger partial charge >= 0.3 is 0 Å². The largest absolute Gasteiger partial charge is 0.365 e. The molecule has 1 aliphatic rings. The van der Waals surface area contributed by atoms with Crippen molar-refractivity contribution >= 4 is 27.1 Å². The summed E-state index contributed by atoms with van der Waals surface area (Å²) >= 11 is 5.97. The maximum absolute atomic E-state index is 14.9. The molecule has 0 aliphatic carbocycles. The third-order valence-corrected chi connectivity index (χ3v) is 7.12. The number of nitrogens with two attached hydrogens (primary N) is 1. The second-order valence-electron chi connectivity index (χ2n) is 7.27. The molecule has 7 nitrogen and oxygen atoms in total. The maximum Gasteiger partial charge on any atom is 0.184 e. The summed E-state index contributed by atoms with van der Waals surface area (Å²) in [7, 11) is -3.75. The van der Waals surface area contributed by atoms with Crippen molar-refractivity contribution in [1.82, 2.24) is 14.8 Å². The molecule has 3 aromatic rings. The molecule has 0 bridgehead atoms. The minimum atomic E-state index is -3.75. The Hall–Kier alpha value is -2.49. The number of sulfone groups is 1. The van der Waals surface area contributed by atoms with Crippen LogP contribution in [0.25, 0.3) is 11.4 Å². The van der Waals surface area contributed by atoms with Gasteiger partial charge in [0, 0.05) is 30.7 Å². The van der Waals surface area contributed by atoms with E-state index in [0.29, 0.717) is 30.3 Å². The van der Waals surface area contributed by atoms with E-state index in [9.17, 15) is 12.8 Å². The average Bonchev–Trinajstić information content (AvgIpc) is 3.14. The summed E-state index contributed by atoms with van der Waals surface area (Å²) in [5.74, 6) is -0.735. The molecule has 0 spiro atoms. The molecule has 2 heterocycles. The van der Waals surface area contributed by atoms with Gasteiger partial charge in [0.2, 0.25) is 0 Å². The molecule has 2 N–H and O–H groups in total. The lowest BCUT2D eigenvalue weighted by Crippen LogP contribution is -2.39. The second-order valence-corrected chi connectivity index (χ2v) is 9.71. The fraction of sp³-hybridized carbons (Fsp3) is 0.300. The molecular weight excluding hydrogens is 429 g/mol. The monoisotopic (exact) mass is 449 g/mol. The molecule has 0 amide bonds. The number of hydrogen-bond acceptors (Lipinski definition) is 6. The van der Waals surface area contributed by atoms with Crippen molar-refractivity contribution in [3.05, 3.63) is 59.1 Å². The zero-order valence-corrected chi connectivity index (χ0v) is 17.9. The normalized spacial score (nSPS) is 18.1. The number of aryl methyl sites for hydroxylation is 1. The van der Waals surface area contributed by atoms with Crippen molar-refractivity contribution in [2.75, 3.05) is 17.2 Å². The van der Waals surface area contributed by atoms with E-state index in [1.54, 1.807) is 16.8 Å². The fourth-order valence-corrected chi connectivity index (χ4v) is 5.31. The molecule has 30 heavy (non-hydrogen) atoms. The second kappa shape index (κ2) is 7.98. The molecule has 2 aromatic carbocycles. The van der Waals surface area contributed by atoms with Gasteiger partial charge in [-0.3, -0.25) is 4.68 Å². The van der Waals surface area contributed by atoms with Crippen molar-refractivity contribution in [1.29, 1.82) is 0 Å². The van der Waals surface area contributed by atoms with E-state index < -0.39 is 21.7 Å². The lowest BCUT2D eigenvalue weighted by molar-refractivity contribution is 0.586. The summed E-state index contributed by atoms with van der Waals surface area (Å²) < 4.78 is 42.3. The minimum Gasteiger partial charge on any atom is -0.365 e. The van der Waals surface area contributed by atoms with E-state index in [0.717, 1.165) is 11.6 Å². The number of fused-ring (bicyclic) bond motifs is 1. The van der Waals surface area contributed by atoms with Crippen LogP contribution >= 0.6 is 11.6 Å². The van der Waals surface area contributed by atoms with E-state index in [4.69, 9.17) is 17.3 Å². The van der Waals surface area contributed by atoms with Crippen LogP contribution < -0.4 is 10.6 Å². The van der Waals surface area contributed by atoms with Gasteiger partial charge in [0.1, 0.15) is 12.1 Å². The van der Waals surface area contributed by atoms with Crippen LogP contribution in [0.2, 0.25) is 5.02 Å². The van der Waals surface area contributed by atoms with Gasteiger partial charge in [-0.1, -0.05) is 23.7 Å². The Kier molecular flexibility index (Phi) is 5.52. The topological polar surface area (TPSA) is 94.1 Å². The fourth-order valence-electron chi connectivity index (χ4n) is 3.55. The Labute approximate surface area is 179 Å². The van der Waals surface area contributed by atoms with Crippen molar-refractivity contribution in [3.63, 3.8) is 0 Å². The van der Waals surface area contributed by atoms with Crippen LogP contribution in [0.15, 0.2) is 47.6 Å². The van der Waals surface area contributed by atoms with Crippen LogP contribution in [-0.4, -0.2) is 41.5 Å². The maximum atomic E-state index is 14.9. The van der Waals surface area contributed by atoms with Crippen LogP contribution in [0.5, 0.6) is 0 Å². The van der Waals surface area contributed by atoms with Gasteiger partial charge < -0.3 is 10.6 Å². The molecule has 0 fully saturated rings. The van der Waals surface area contributed by atoms with Gasteiger partial charge in [0.25, 0.3) is 0 Å². The molecule has 0 saturated carbocycles. The summed E-state index contributed by atoms with van der Waals surface area (Å²) in [5.41, 5.74) is 7.57. The van der Waals surface area contributed by atoms with Crippen LogP contribution in [-0.2, 0) is 22.9 Å². The number of benzene rings is 2. The third kappa shape index (κ3) is 4.05. The van der Waals surface area contributed by atoms with E-state index in [2.05, 4.69) is 10.1 Å². The van der Waals surface area contributed by atoms with Gasteiger partial charge in [-0.2, -0.15) is 5.10 Å². The summed E-state index contributed by atoms with van der Waals surface area (Å²) in [6.07, 6.45) is 1.51. The first-order valence-corrected chi connectivity index (χ1v) is 11.5. The smallest absolute Gasteiger partial charge is 0.184 e. The molecule has 158 valence electrons. The van der Waals surface area contributed by atoms with Crippen LogP contribution in [0.3, 0.4) is 0 Å². The van der Waals surface area contributed by atoms with Gasteiger partial charge in [0.15, 0.2) is 15.7 Å². The lowest BCUT2D eigenvalue weighted by atomic mass is 10.1. The molecule has 1 atom stereocenters. The number of nitrogens with zero attached hydrogens (tertiary/aromatic N) is 4. The lowest BCUT2D eigenvalue weighted by Gasteiger charge is -2.26. The molecule has 0 unspecified atom stereocenters. The van der Waals surface area contributed by atoms with E-state index in [1.165, 1.54) is 12.4 Å². The number of anilines is 1. The van der Waals surface area contributed by atoms with E-state index in [-0.39, 0.29) is 22.0 Å². The Morgan fingerprint density at radius 1 is 1.27 bits per heavy atom. The van der Waals surface area contributed by atoms with Crippen LogP contribution in [0.1, 0.15) is 12.5 Å². The summed E-state index contributed by atoms with van der Waals surface area (Å²) in [4.78, 5) is 5.95.